The predicted molar refractivity (Wildman–Crippen MR) is 94.2 cm³/mol. The highest BCUT2D eigenvalue weighted by atomic mass is 28.3. The molecule has 0 bridgehead atoms. The molecule has 122 valence electrons. The molecule has 1 saturated carbocycles. The van der Waals surface area contributed by atoms with Gasteiger partial charge >= 0.3 is 0 Å². The van der Waals surface area contributed by atoms with Crippen LogP contribution in [0.2, 0.25) is 19.6 Å². The van der Waals surface area contributed by atoms with E-state index in [1.165, 1.54) is 0 Å². The zero-order valence-corrected chi connectivity index (χ0v) is 16.2. The van der Waals surface area contributed by atoms with E-state index in [-0.39, 0.29) is 16.9 Å². The lowest BCUT2D eigenvalue weighted by Gasteiger charge is -2.49. The first-order valence-electron chi connectivity index (χ1n) is 8.25. The van der Waals surface area contributed by atoms with Gasteiger partial charge in [0, 0.05) is 13.5 Å². The van der Waals surface area contributed by atoms with Crippen LogP contribution < -0.4 is 0 Å². The van der Waals surface area contributed by atoms with Gasteiger partial charge in [-0.15, -0.1) is 5.54 Å². The molecule has 0 aliphatic heterocycles. The van der Waals surface area contributed by atoms with E-state index in [0.717, 1.165) is 12.8 Å². The SMILES string of the molecule is CO[C@@]1(C)C=CC2(C#C[Si](C)(C)C)C(=O)CC(C)(C)CC2C1. The number of Topliss-reactive ketones (excluding diaryl/α,β-unsaturated/α-hetero) is 1. The van der Waals surface area contributed by atoms with Gasteiger partial charge in [0.25, 0.3) is 0 Å². The van der Waals surface area contributed by atoms with Crippen LogP contribution in [0.25, 0.3) is 0 Å². The van der Waals surface area contributed by atoms with Crippen LogP contribution in [0.3, 0.4) is 0 Å². The Labute approximate surface area is 136 Å². The van der Waals surface area contributed by atoms with Gasteiger partial charge in [-0.1, -0.05) is 51.6 Å². The van der Waals surface area contributed by atoms with Gasteiger partial charge in [0.2, 0.25) is 0 Å². The van der Waals surface area contributed by atoms with Crippen molar-refractivity contribution in [3.05, 3.63) is 12.2 Å². The van der Waals surface area contributed by atoms with E-state index in [2.05, 4.69) is 64.0 Å². The number of allylic oxidation sites excluding steroid dienone is 1. The summed E-state index contributed by atoms with van der Waals surface area (Å²) >= 11 is 0. The molecule has 0 saturated heterocycles. The van der Waals surface area contributed by atoms with Gasteiger partial charge in [0.1, 0.15) is 13.5 Å². The second-order valence-electron chi connectivity index (χ2n) is 9.09. The molecule has 2 aliphatic rings. The second-order valence-corrected chi connectivity index (χ2v) is 13.8. The molecule has 2 rings (SSSR count). The first-order chi connectivity index (χ1) is 9.91. The Morgan fingerprint density at radius 3 is 2.36 bits per heavy atom. The standard InChI is InChI=1S/C19H30O2Si/c1-17(2)12-15-13-18(3,21-4)8-9-19(15,16(20)14-17)10-11-22(5,6)7/h8-9,15H,12-14H2,1-7H3/t15?,18-,19?/m0/s1. The lowest BCUT2D eigenvalue weighted by Crippen LogP contribution is -2.50. The van der Waals surface area contributed by atoms with Crippen LogP contribution in [0.4, 0.5) is 0 Å². The van der Waals surface area contributed by atoms with Crippen molar-refractivity contribution in [3.8, 4) is 11.5 Å². The molecule has 0 heterocycles. The van der Waals surface area contributed by atoms with Crippen molar-refractivity contribution >= 4 is 13.9 Å². The third kappa shape index (κ3) is 3.39. The Balaban J connectivity index is 2.52. The molecule has 0 radical (unpaired) electrons. The fourth-order valence-corrected chi connectivity index (χ4v) is 4.27. The average Bonchev–Trinajstić information content (AvgIpc) is 2.35. The molecular weight excluding hydrogens is 288 g/mol. The molecule has 0 N–H and O–H groups in total. The maximum absolute atomic E-state index is 13.0. The Morgan fingerprint density at radius 2 is 1.82 bits per heavy atom. The molecule has 0 aromatic heterocycles. The zero-order valence-electron chi connectivity index (χ0n) is 15.2. The van der Waals surface area contributed by atoms with E-state index in [9.17, 15) is 4.79 Å². The molecule has 2 unspecified atom stereocenters. The van der Waals surface area contributed by atoms with E-state index in [4.69, 9.17) is 4.74 Å². The molecular formula is C19H30O2Si. The maximum atomic E-state index is 13.0. The van der Waals surface area contributed by atoms with Crippen LogP contribution in [0.15, 0.2) is 12.2 Å². The van der Waals surface area contributed by atoms with E-state index in [1.54, 1.807) is 7.11 Å². The smallest absolute Gasteiger partial charge is 0.155 e. The highest BCUT2D eigenvalue weighted by molar-refractivity contribution is 6.83. The number of hydrogen-bond acceptors (Lipinski definition) is 2. The number of rotatable bonds is 1. The summed E-state index contributed by atoms with van der Waals surface area (Å²) in [6.07, 6.45) is 6.66. The van der Waals surface area contributed by atoms with Gasteiger partial charge in [0.15, 0.2) is 5.78 Å². The van der Waals surface area contributed by atoms with Crippen molar-refractivity contribution in [2.24, 2.45) is 16.7 Å². The van der Waals surface area contributed by atoms with Gasteiger partial charge in [-0.3, -0.25) is 4.79 Å². The zero-order chi connectivity index (χ0) is 16.8. The number of ether oxygens (including phenoxy) is 1. The van der Waals surface area contributed by atoms with Gasteiger partial charge in [-0.05, 0) is 31.1 Å². The van der Waals surface area contributed by atoms with Gasteiger partial charge < -0.3 is 4.74 Å². The topological polar surface area (TPSA) is 26.3 Å². The molecule has 0 aromatic rings. The average molecular weight is 319 g/mol. The molecule has 2 aliphatic carbocycles. The molecule has 22 heavy (non-hydrogen) atoms. The number of carbonyl (C=O) groups is 1. The van der Waals surface area contributed by atoms with Gasteiger partial charge in [0.05, 0.1) is 5.60 Å². The minimum Gasteiger partial charge on any atom is -0.374 e. The molecule has 0 aromatic carbocycles. The van der Waals surface area contributed by atoms with Crippen molar-refractivity contribution in [2.45, 2.75) is 65.3 Å². The second kappa shape index (κ2) is 5.35. The fraction of sp³-hybridized carbons (Fsp3) is 0.737. The molecule has 1 fully saturated rings. The number of methoxy groups -OCH3 is 1. The Hall–Kier alpha value is -0.853. The Bertz CT molecular complexity index is 558. The van der Waals surface area contributed by atoms with Crippen LogP contribution in [0.1, 0.15) is 40.0 Å². The first-order valence-corrected chi connectivity index (χ1v) is 11.7. The van der Waals surface area contributed by atoms with Crippen molar-refractivity contribution in [1.82, 2.24) is 0 Å². The summed E-state index contributed by atoms with van der Waals surface area (Å²) in [6, 6.07) is 0. The van der Waals surface area contributed by atoms with E-state index in [0.29, 0.717) is 12.2 Å². The summed E-state index contributed by atoms with van der Waals surface area (Å²) < 4.78 is 5.68. The summed E-state index contributed by atoms with van der Waals surface area (Å²) in [4.78, 5) is 13.0. The third-order valence-electron chi connectivity index (χ3n) is 5.00. The maximum Gasteiger partial charge on any atom is 0.155 e. The van der Waals surface area contributed by atoms with Crippen molar-refractivity contribution in [2.75, 3.05) is 7.11 Å². The minimum absolute atomic E-state index is 0.0614. The quantitative estimate of drug-likeness (QED) is 0.411. The Morgan fingerprint density at radius 1 is 1.18 bits per heavy atom. The van der Waals surface area contributed by atoms with E-state index >= 15 is 0 Å². The molecule has 0 spiro atoms. The summed E-state index contributed by atoms with van der Waals surface area (Å²) in [7, 11) is 0.240. The van der Waals surface area contributed by atoms with Crippen LogP contribution in [0.5, 0.6) is 0 Å². The van der Waals surface area contributed by atoms with Crippen molar-refractivity contribution in [1.29, 1.82) is 0 Å². The highest BCUT2D eigenvalue weighted by Gasteiger charge is 2.53. The molecule has 3 atom stereocenters. The summed E-state index contributed by atoms with van der Waals surface area (Å²) in [5, 5.41) is 0. The van der Waals surface area contributed by atoms with Crippen LogP contribution in [-0.2, 0) is 9.53 Å². The number of hydrogen-bond donors (Lipinski definition) is 0. The Kier molecular flexibility index (Phi) is 4.26. The summed E-state index contributed by atoms with van der Waals surface area (Å²) in [5.41, 5.74) is 2.67. The monoisotopic (exact) mass is 318 g/mol. The molecule has 2 nitrogen and oxygen atoms in total. The molecule has 3 heteroatoms. The number of carbonyl (C=O) groups excluding carboxylic acids is 1. The lowest BCUT2D eigenvalue weighted by atomic mass is 9.54. The lowest BCUT2D eigenvalue weighted by molar-refractivity contribution is -0.135. The van der Waals surface area contributed by atoms with Crippen molar-refractivity contribution < 1.29 is 9.53 Å². The fourth-order valence-electron chi connectivity index (χ4n) is 3.69. The summed E-state index contributed by atoms with van der Waals surface area (Å²) in [5.74, 6) is 4.00. The van der Waals surface area contributed by atoms with Gasteiger partial charge in [-0.2, -0.15) is 0 Å². The van der Waals surface area contributed by atoms with Crippen LogP contribution in [-0.4, -0.2) is 26.6 Å². The largest absolute Gasteiger partial charge is 0.374 e. The normalized spacial score (nSPS) is 37.2. The van der Waals surface area contributed by atoms with Crippen LogP contribution in [0, 0.1) is 28.2 Å². The van der Waals surface area contributed by atoms with Gasteiger partial charge in [-0.25, -0.2) is 0 Å². The van der Waals surface area contributed by atoms with E-state index in [1.807, 2.05) is 0 Å². The number of fused-ring (bicyclic) bond motifs is 1. The van der Waals surface area contributed by atoms with Crippen molar-refractivity contribution in [3.63, 3.8) is 0 Å². The molecule has 0 amide bonds. The minimum atomic E-state index is -1.51. The van der Waals surface area contributed by atoms with Crippen LogP contribution >= 0.6 is 0 Å². The first kappa shape index (κ1) is 17.5. The third-order valence-corrected chi connectivity index (χ3v) is 5.88. The number of ketones is 1. The predicted octanol–water partition coefficient (Wildman–Crippen LogP) is 4.22. The highest BCUT2D eigenvalue weighted by Crippen LogP contribution is 2.53. The summed E-state index contributed by atoms with van der Waals surface area (Å²) in [6.45, 7) is 13.2. The van der Waals surface area contributed by atoms with E-state index < -0.39 is 13.5 Å².